The minimum Gasteiger partial charge on any atom is -0.326 e. The van der Waals surface area contributed by atoms with Crippen LogP contribution in [-0.4, -0.2) is 23.5 Å². The molecule has 0 bridgehead atoms. The lowest BCUT2D eigenvalue weighted by Gasteiger charge is -2.38. The van der Waals surface area contributed by atoms with Crippen LogP contribution in [0.1, 0.15) is 65.0 Å². The van der Waals surface area contributed by atoms with E-state index in [2.05, 4.69) is 32.6 Å². The molecule has 3 heteroatoms. The van der Waals surface area contributed by atoms with Gasteiger partial charge in [0.15, 0.2) is 0 Å². The summed E-state index contributed by atoms with van der Waals surface area (Å²) in [4.78, 5) is 2.47. The molecule has 0 heterocycles. The van der Waals surface area contributed by atoms with Crippen LogP contribution in [0.5, 0.6) is 0 Å². The minimum atomic E-state index is -0.190. The second-order valence-electron chi connectivity index (χ2n) is 6.11. The molecule has 1 aromatic carbocycles. The zero-order chi connectivity index (χ0) is 15.8. The summed E-state index contributed by atoms with van der Waals surface area (Å²) in [6.07, 6.45) is 4.55. The van der Waals surface area contributed by atoms with E-state index in [4.69, 9.17) is 5.73 Å². The lowest BCUT2D eigenvalue weighted by Crippen LogP contribution is -2.44. The first kappa shape index (κ1) is 18.1. The molecule has 0 aliphatic heterocycles. The van der Waals surface area contributed by atoms with Crippen LogP contribution in [0.3, 0.4) is 0 Å². The average molecular weight is 294 g/mol. The quantitative estimate of drug-likeness (QED) is 0.679. The van der Waals surface area contributed by atoms with E-state index in [1.807, 2.05) is 12.1 Å². The van der Waals surface area contributed by atoms with Crippen molar-refractivity contribution >= 4 is 0 Å². The summed E-state index contributed by atoms with van der Waals surface area (Å²) < 4.78 is 13.2. The number of benzene rings is 1. The van der Waals surface area contributed by atoms with E-state index in [1.54, 1.807) is 0 Å². The van der Waals surface area contributed by atoms with Crippen LogP contribution in [0.15, 0.2) is 24.3 Å². The Morgan fingerprint density at radius 1 is 1.10 bits per heavy atom. The number of rotatable bonds is 9. The number of unbranched alkanes of at least 4 members (excludes halogenated alkanes) is 2. The summed E-state index contributed by atoms with van der Waals surface area (Å²) in [5.41, 5.74) is 7.52. The van der Waals surface area contributed by atoms with Gasteiger partial charge in [-0.3, -0.25) is 4.90 Å². The van der Waals surface area contributed by atoms with Crippen molar-refractivity contribution in [3.8, 4) is 0 Å². The van der Waals surface area contributed by atoms with E-state index in [0.29, 0.717) is 6.04 Å². The Hall–Kier alpha value is -0.930. The summed E-state index contributed by atoms with van der Waals surface area (Å²) in [5.74, 6) is -0.190. The second kappa shape index (κ2) is 9.16. The fourth-order valence-corrected chi connectivity index (χ4v) is 2.83. The van der Waals surface area contributed by atoms with Gasteiger partial charge in [0.2, 0.25) is 0 Å². The van der Waals surface area contributed by atoms with Crippen molar-refractivity contribution in [3.05, 3.63) is 35.6 Å². The van der Waals surface area contributed by atoms with Crippen molar-refractivity contribution in [2.45, 2.75) is 71.5 Å². The highest BCUT2D eigenvalue weighted by atomic mass is 19.1. The monoisotopic (exact) mass is 294 g/mol. The molecule has 1 aromatic rings. The molecule has 2 unspecified atom stereocenters. The lowest BCUT2D eigenvalue weighted by atomic mass is 9.94. The molecular weight excluding hydrogens is 263 g/mol. The van der Waals surface area contributed by atoms with E-state index in [0.717, 1.165) is 18.5 Å². The summed E-state index contributed by atoms with van der Waals surface area (Å²) in [6, 6.07) is 7.49. The van der Waals surface area contributed by atoms with Crippen molar-refractivity contribution in [1.82, 2.24) is 4.90 Å². The van der Waals surface area contributed by atoms with E-state index < -0.39 is 0 Å². The molecule has 0 aliphatic rings. The third-order valence-corrected chi connectivity index (χ3v) is 4.13. The van der Waals surface area contributed by atoms with Gasteiger partial charge in [-0.2, -0.15) is 0 Å². The molecule has 120 valence electrons. The van der Waals surface area contributed by atoms with Crippen LogP contribution in [0.25, 0.3) is 0 Å². The lowest BCUT2D eigenvalue weighted by molar-refractivity contribution is 0.127. The predicted octanol–water partition coefficient (Wildman–Crippen LogP) is 4.50. The highest BCUT2D eigenvalue weighted by Crippen LogP contribution is 2.28. The zero-order valence-corrected chi connectivity index (χ0v) is 14.0. The van der Waals surface area contributed by atoms with E-state index in [1.165, 1.54) is 31.4 Å². The molecule has 0 aliphatic carbocycles. The SMILES string of the molecule is CCCCCN(C(C)C)C(c1ccc(F)cc1)C(N)CC. The van der Waals surface area contributed by atoms with E-state index in [-0.39, 0.29) is 17.9 Å². The maximum atomic E-state index is 13.2. The largest absolute Gasteiger partial charge is 0.326 e. The maximum Gasteiger partial charge on any atom is 0.123 e. The van der Waals surface area contributed by atoms with Crippen LogP contribution in [0, 0.1) is 5.82 Å². The van der Waals surface area contributed by atoms with Crippen molar-refractivity contribution in [3.63, 3.8) is 0 Å². The maximum absolute atomic E-state index is 13.2. The second-order valence-corrected chi connectivity index (χ2v) is 6.11. The molecule has 0 aromatic heterocycles. The summed E-state index contributed by atoms with van der Waals surface area (Å²) in [7, 11) is 0. The molecule has 0 saturated carbocycles. The molecule has 1 rings (SSSR count). The summed E-state index contributed by atoms with van der Waals surface area (Å²) in [5, 5.41) is 0. The number of nitrogens with two attached hydrogens (primary N) is 1. The fourth-order valence-electron chi connectivity index (χ4n) is 2.83. The highest BCUT2D eigenvalue weighted by Gasteiger charge is 2.27. The third kappa shape index (κ3) is 5.40. The number of nitrogens with zero attached hydrogens (tertiary/aromatic N) is 1. The first-order valence-electron chi connectivity index (χ1n) is 8.28. The van der Waals surface area contributed by atoms with E-state index in [9.17, 15) is 4.39 Å². The Bertz CT molecular complexity index is 389. The minimum absolute atomic E-state index is 0.0690. The Morgan fingerprint density at radius 3 is 2.19 bits per heavy atom. The van der Waals surface area contributed by atoms with Crippen LogP contribution in [0.4, 0.5) is 4.39 Å². The molecule has 21 heavy (non-hydrogen) atoms. The molecule has 0 amide bonds. The average Bonchev–Trinajstić information content (AvgIpc) is 2.47. The van der Waals surface area contributed by atoms with Gasteiger partial charge >= 0.3 is 0 Å². The summed E-state index contributed by atoms with van der Waals surface area (Å²) >= 11 is 0. The summed E-state index contributed by atoms with van der Waals surface area (Å²) in [6.45, 7) is 9.80. The standard InChI is InChI=1S/C18H31FN2/c1-5-7-8-13-21(14(3)4)18(17(20)6-2)15-9-11-16(19)12-10-15/h9-12,14,17-18H,5-8,13,20H2,1-4H3. The number of hydrogen-bond acceptors (Lipinski definition) is 2. The molecule has 2 nitrogen and oxygen atoms in total. The fraction of sp³-hybridized carbons (Fsp3) is 0.667. The van der Waals surface area contributed by atoms with Crippen molar-refractivity contribution in [1.29, 1.82) is 0 Å². The molecule has 2 N–H and O–H groups in total. The highest BCUT2D eigenvalue weighted by molar-refractivity contribution is 5.22. The van der Waals surface area contributed by atoms with Crippen LogP contribution in [0.2, 0.25) is 0 Å². The molecule has 0 spiro atoms. The number of halogens is 1. The first-order chi connectivity index (χ1) is 10.0. The van der Waals surface area contributed by atoms with Gasteiger partial charge in [0.1, 0.15) is 5.82 Å². The van der Waals surface area contributed by atoms with Gasteiger partial charge in [-0.1, -0.05) is 38.8 Å². The van der Waals surface area contributed by atoms with Gasteiger partial charge in [0.05, 0.1) is 6.04 Å². The van der Waals surface area contributed by atoms with Crippen molar-refractivity contribution in [2.75, 3.05) is 6.54 Å². The van der Waals surface area contributed by atoms with Gasteiger partial charge in [0.25, 0.3) is 0 Å². The van der Waals surface area contributed by atoms with Gasteiger partial charge in [-0.25, -0.2) is 4.39 Å². The Kier molecular flexibility index (Phi) is 7.91. The molecule has 0 fully saturated rings. The Labute approximate surface area is 129 Å². The predicted molar refractivity (Wildman–Crippen MR) is 88.8 cm³/mol. The smallest absolute Gasteiger partial charge is 0.123 e. The van der Waals surface area contributed by atoms with Gasteiger partial charge < -0.3 is 5.73 Å². The topological polar surface area (TPSA) is 29.3 Å². The Morgan fingerprint density at radius 2 is 1.71 bits per heavy atom. The first-order valence-corrected chi connectivity index (χ1v) is 8.28. The number of hydrogen-bond donors (Lipinski definition) is 1. The van der Waals surface area contributed by atoms with Crippen LogP contribution < -0.4 is 5.73 Å². The third-order valence-electron chi connectivity index (χ3n) is 4.13. The van der Waals surface area contributed by atoms with Gasteiger partial charge in [-0.15, -0.1) is 0 Å². The van der Waals surface area contributed by atoms with Gasteiger partial charge in [0, 0.05) is 12.1 Å². The Balaban J connectivity index is 2.99. The van der Waals surface area contributed by atoms with Crippen molar-refractivity contribution < 1.29 is 4.39 Å². The zero-order valence-electron chi connectivity index (χ0n) is 14.0. The van der Waals surface area contributed by atoms with Crippen LogP contribution >= 0.6 is 0 Å². The van der Waals surface area contributed by atoms with Crippen molar-refractivity contribution in [2.24, 2.45) is 5.73 Å². The molecule has 0 radical (unpaired) electrons. The van der Waals surface area contributed by atoms with Gasteiger partial charge in [-0.05, 0) is 50.9 Å². The van der Waals surface area contributed by atoms with Crippen LogP contribution in [-0.2, 0) is 0 Å². The van der Waals surface area contributed by atoms with E-state index >= 15 is 0 Å². The molecule has 0 saturated heterocycles. The molecule has 2 atom stereocenters. The molecular formula is C18H31FN2. The normalized spacial score (nSPS) is 14.7.